The minimum atomic E-state index is -0.964. The van der Waals surface area contributed by atoms with Crippen molar-refractivity contribution in [3.8, 4) is 0 Å². The number of rotatable bonds is 4. The first-order chi connectivity index (χ1) is 5.07. The largest absolute Gasteiger partial charge is 0.478 e. The molecule has 3 nitrogen and oxygen atoms in total. The van der Waals surface area contributed by atoms with Crippen LogP contribution in [0, 0.1) is 0 Å². The van der Waals surface area contributed by atoms with E-state index in [1.165, 1.54) is 13.0 Å². The highest BCUT2D eigenvalue weighted by Crippen LogP contribution is 1.97. The van der Waals surface area contributed by atoms with Crippen LogP contribution in [0.3, 0.4) is 0 Å². The Labute approximate surface area is 65.7 Å². The van der Waals surface area contributed by atoms with E-state index in [0.717, 1.165) is 0 Å². The zero-order valence-electron chi connectivity index (χ0n) is 6.76. The Morgan fingerprint density at radius 3 is 2.36 bits per heavy atom. The monoisotopic (exact) mass is 156 g/mol. The number of allylic oxidation sites excluding steroid dienone is 1. The Balaban J connectivity index is 3.92. The molecule has 62 valence electrons. The number of Topliss-reactive ketones (excluding diaryl/α,β-unsaturated/α-hetero) is 1. The highest BCUT2D eigenvalue weighted by molar-refractivity contribution is 5.87. The number of carboxylic acid groups (broad SMARTS) is 1. The fourth-order valence-corrected chi connectivity index (χ4v) is 0.499. The van der Waals surface area contributed by atoms with Gasteiger partial charge in [-0.05, 0) is 6.92 Å². The van der Waals surface area contributed by atoms with Crippen molar-refractivity contribution in [2.45, 2.75) is 26.7 Å². The van der Waals surface area contributed by atoms with E-state index in [2.05, 4.69) is 0 Å². The van der Waals surface area contributed by atoms with Crippen molar-refractivity contribution < 1.29 is 14.7 Å². The smallest absolute Gasteiger partial charge is 0.330 e. The van der Waals surface area contributed by atoms with E-state index in [9.17, 15) is 9.59 Å². The molecular weight excluding hydrogens is 144 g/mol. The fraction of sp³-hybridized carbons (Fsp3) is 0.500. The number of aliphatic carboxylic acids is 1. The Morgan fingerprint density at radius 1 is 1.45 bits per heavy atom. The number of carbonyl (C=O) groups is 2. The highest BCUT2D eigenvalue weighted by atomic mass is 16.4. The van der Waals surface area contributed by atoms with Crippen molar-refractivity contribution in [2.75, 3.05) is 0 Å². The zero-order chi connectivity index (χ0) is 8.85. The lowest BCUT2D eigenvalue weighted by Crippen LogP contribution is -1.98. The van der Waals surface area contributed by atoms with E-state index >= 15 is 0 Å². The standard InChI is InChI=1S/C8H12O3/c1-3-7(9)5-4-6(2)8(10)11/h4H,3,5H2,1-2H3,(H,10,11)/b6-4+. The molecule has 0 aromatic carbocycles. The van der Waals surface area contributed by atoms with Crippen LogP contribution in [0.5, 0.6) is 0 Å². The number of hydrogen-bond donors (Lipinski definition) is 1. The van der Waals surface area contributed by atoms with Crippen molar-refractivity contribution in [1.29, 1.82) is 0 Å². The van der Waals surface area contributed by atoms with E-state index < -0.39 is 5.97 Å². The van der Waals surface area contributed by atoms with Gasteiger partial charge in [0.2, 0.25) is 0 Å². The summed E-state index contributed by atoms with van der Waals surface area (Å²) in [6.45, 7) is 3.23. The predicted molar refractivity (Wildman–Crippen MR) is 41.3 cm³/mol. The first kappa shape index (κ1) is 9.88. The molecule has 0 fully saturated rings. The maximum atomic E-state index is 10.7. The van der Waals surface area contributed by atoms with Crippen LogP contribution >= 0.6 is 0 Å². The summed E-state index contributed by atoms with van der Waals surface area (Å²) in [5.41, 5.74) is 0.229. The maximum absolute atomic E-state index is 10.7. The second kappa shape index (κ2) is 4.66. The summed E-state index contributed by atoms with van der Waals surface area (Å²) in [5, 5.41) is 8.39. The van der Waals surface area contributed by atoms with Crippen LogP contribution in [-0.2, 0) is 9.59 Å². The van der Waals surface area contributed by atoms with Crippen LogP contribution in [0.1, 0.15) is 26.7 Å². The molecule has 0 saturated carbocycles. The van der Waals surface area contributed by atoms with E-state index in [1.54, 1.807) is 6.92 Å². The first-order valence-corrected chi connectivity index (χ1v) is 3.49. The topological polar surface area (TPSA) is 54.4 Å². The lowest BCUT2D eigenvalue weighted by molar-refractivity contribution is -0.132. The van der Waals surface area contributed by atoms with Gasteiger partial charge < -0.3 is 5.11 Å². The SMILES string of the molecule is CCC(=O)C/C=C(\C)C(=O)O. The molecule has 0 aromatic heterocycles. The number of carbonyl (C=O) groups excluding carboxylic acids is 1. The molecule has 0 aliphatic rings. The first-order valence-electron chi connectivity index (χ1n) is 3.49. The summed E-state index contributed by atoms with van der Waals surface area (Å²) < 4.78 is 0. The van der Waals surface area contributed by atoms with Gasteiger partial charge in [-0.15, -0.1) is 0 Å². The summed E-state index contributed by atoms with van der Waals surface area (Å²) in [6, 6.07) is 0. The van der Waals surface area contributed by atoms with Crippen molar-refractivity contribution in [3.63, 3.8) is 0 Å². The minimum absolute atomic E-state index is 0.0607. The molecule has 0 aliphatic heterocycles. The second-order valence-corrected chi connectivity index (χ2v) is 2.29. The van der Waals surface area contributed by atoms with Gasteiger partial charge in [0.25, 0.3) is 0 Å². The quantitative estimate of drug-likeness (QED) is 0.626. The molecule has 1 N–H and O–H groups in total. The van der Waals surface area contributed by atoms with Gasteiger partial charge in [0.05, 0.1) is 0 Å². The van der Waals surface area contributed by atoms with E-state index in [0.29, 0.717) is 6.42 Å². The van der Waals surface area contributed by atoms with Crippen molar-refractivity contribution >= 4 is 11.8 Å². The average molecular weight is 156 g/mol. The van der Waals surface area contributed by atoms with Gasteiger partial charge in [-0.3, -0.25) is 4.79 Å². The molecule has 0 spiro atoms. The predicted octanol–water partition coefficient (Wildman–Crippen LogP) is 1.39. The molecule has 0 saturated heterocycles. The molecule has 0 aromatic rings. The molecule has 0 amide bonds. The normalized spacial score (nSPS) is 11.3. The van der Waals surface area contributed by atoms with Gasteiger partial charge in [0.15, 0.2) is 0 Å². The molecule has 0 aliphatic carbocycles. The van der Waals surface area contributed by atoms with E-state index in [4.69, 9.17) is 5.11 Å². The molecular formula is C8H12O3. The van der Waals surface area contributed by atoms with Gasteiger partial charge in [-0.1, -0.05) is 13.0 Å². The number of hydrogen-bond acceptors (Lipinski definition) is 2. The lowest BCUT2D eigenvalue weighted by Gasteiger charge is -1.92. The van der Waals surface area contributed by atoms with Gasteiger partial charge in [0.1, 0.15) is 5.78 Å². The number of ketones is 1. The molecule has 0 radical (unpaired) electrons. The Hall–Kier alpha value is -1.12. The molecule has 11 heavy (non-hydrogen) atoms. The van der Waals surface area contributed by atoms with Crippen molar-refractivity contribution in [1.82, 2.24) is 0 Å². The van der Waals surface area contributed by atoms with Crippen LogP contribution in [0.25, 0.3) is 0 Å². The maximum Gasteiger partial charge on any atom is 0.330 e. The van der Waals surface area contributed by atoms with Crippen LogP contribution in [0.15, 0.2) is 11.6 Å². The molecule has 0 unspecified atom stereocenters. The van der Waals surface area contributed by atoms with Gasteiger partial charge in [-0.2, -0.15) is 0 Å². The molecule has 3 heteroatoms. The minimum Gasteiger partial charge on any atom is -0.478 e. The van der Waals surface area contributed by atoms with Crippen LogP contribution in [0.4, 0.5) is 0 Å². The average Bonchev–Trinajstić information content (AvgIpc) is 1.99. The molecule has 0 rings (SSSR count). The lowest BCUT2D eigenvalue weighted by atomic mass is 10.2. The van der Waals surface area contributed by atoms with Gasteiger partial charge in [0, 0.05) is 18.4 Å². The van der Waals surface area contributed by atoms with Gasteiger partial charge in [-0.25, -0.2) is 4.79 Å². The Bertz CT molecular complexity index is 192. The second-order valence-electron chi connectivity index (χ2n) is 2.29. The molecule has 0 bridgehead atoms. The molecule has 0 atom stereocenters. The van der Waals surface area contributed by atoms with Crippen molar-refractivity contribution in [3.05, 3.63) is 11.6 Å². The third-order valence-corrected chi connectivity index (χ3v) is 1.37. The van der Waals surface area contributed by atoms with Crippen LogP contribution < -0.4 is 0 Å². The van der Waals surface area contributed by atoms with E-state index in [-0.39, 0.29) is 17.8 Å². The van der Waals surface area contributed by atoms with Crippen LogP contribution in [0.2, 0.25) is 0 Å². The highest BCUT2D eigenvalue weighted by Gasteiger charge is 2.00. The third-order valence-electron chi connectivity index (χ3n) is 1.37. The van der Waals surface area contributed by atoms with Gasteiger partial charge >= 0.3 is 5.97 Å². The fourth-order valence-electron chi connectivity index (χ4n) is 0.499. The molecule has 0 heterocycles. The zero-order valence-corrected chi connectivity index (χ0v) is 6.76. The van der Waals surface area contributed by atoms with E-state index in [1.807, 2.05) is 0 Å². The Morgan fingerprint density at radius 2 is 2.00 bits per heavy atom. The third kappa shape index (κ3) is 4.31. The van der Waals surface area contributed by atoms with Crippen LogP contribution in [-0.4, -0.2) is 16.9 Å². The summed E-state index contributed by atoms with van der Waals surface area (Å²) in [6.07, 6.45) is 2.13. The summed E-state index contributed by atoms with van der Waals surface area (Å²) in [5.74, 6) is -0.903. The van der Waals surface area contributed by atoms with Crippen molar-refractivity contribution in [2.24, 2.45) is 0 Å². The Kier molecular flexibility index (Phi) is 4.18. The summed E-state index contributed by atoms with van der Waals surface area (Å²) >= 11 is 0. The summed E-state index contributed by atoms with van der Waals surface area (Å²) in [7, 11) is 0. The summed E-state index contributed by atoms with van der Waals surface area (Å²) in [4.78, 5) is 20.9. The number of carboxylic acids is 1.